The Bertz CT molecular complexity index is 1330. The third-order valence-corrected chi connectivity index (χ3v) is 6.53. The van der Waals surface area contributed by atoms with E-state index >= 15 is 0 Å². The monoisotopic (exact) mass is 505 g/mol. The van der Waals surface area contributed by atoms with Crippen molar-refractivity contribution in [2.45, 2.75) is 18.0 Å². The van der Waals surface area contributed by atoms with Crippen LogP contribution in [-0.2, 0) is 18.0 Å². The molecule has 0 saturated heterocycles. The van der Waals surface area contributed by atoms with E-state index in [4.69, 9.17) is 12.2 Å². The minimum atomic E-state index is -4.99. The lowest BCUT2D eigenvalue weighted by molar-refractivity contribution is -0.143. The first-order valence-corrected chi connectivity index (χ1v) is 10.9. The normalized spacial score (nSPS) is 19.5. The van der Waals surface area contributed by atoms with Crippen LogP contribution in [0.4, 0.5) is 43.4 Å². The average molecular weight is 505 g/mol. The number of nitrogens with one attached hydrogen (secondary N) is 1. The van der Waals surface area contributed by atoms with Gasteiger partial charge in [-0.2, -0.15) is 26.3 Å². The highest BCUT2D eigenvalue weighted by molar-refractivity contribution is 7.80. The molecule has 10 heteroatoms. The summed E-state index contributed by atoms with van der Waals surface area (Å²) in [6.07, 6.45) is -6.44. The van der Waals surface area contributed by atoms with Crippen LogP contribution >= 0.6 is 12.2 Å². The summed E-state index contributed by atoms with van der Waals surface area (Å²) >= 11 is 5.56. The minimum absolute atomic E-state index is 0.0352. The molecular weight excluding hydrogens is 488 g/mol. The van der Waals surface area contributed by atoms with Gasteiger partial charge in [0.25, 0.3) is 0 Å². The number of benzene rings is 3. The van der Waals surface area contributed by atoms with Crippen LogP contribution in [-0.4, -0.2) is 12.2 Å². The van der Waals surface area contributed by atoms with E-state index in [1.807, 2.05) is 29.2 Å². The topological polar surface area (TPSA) is 18.5 Å². The molecule has 0 saturated carbocycles. The summed E-state index contributed by atoms with van der Waals surface area (Å²) in [6.45, 7) is 0. The van der Waals surface area contributed by atoms with Crippen molar-refractivity contribution in [2.24, 2.45) is 0 Å². The number of rotatable bonds is 1. The molecule has 2 aliphatic rings. The van der Waals surface area contributed by atoms with E-state index in [0.717, 1.165) is 11.3 Å². The number of halogens is 6. The van der Waals surface area contributed by atoms with Gasteiger partial charge in [0, 0.05) is 29.7 Å². The van der Waals surface area contributed by atoms with Crippen molar-refractivity contribution in [1.29, 1.82) is 0 Å². The Kier molecular flexibility index (Phi) is 5.14. The maximum Gasteiger partial charge on any atom is 0.416 e. The molecule has 1 unspecified atom stereocenters. The van der Waals surface area contributed by atoms with E-state index in [1.54, 1.807) is 43.5 Å². The predicted octanol–water partition coefficient (Wildman–Crippen LogP) is 7.26. The van der Waals surface area contributed by atoms with Crippen LogP contribution in [0, 0.1) is 0 Å². The highest BCUT2D eigenvalue weighted by Gasteiger charge is 2.50. The van der Waals surface area contributed by atoms with Gasteiger partial charge >= 0.3 is 12.4 Å². The van der Waals surface area contributed by atoms with Crippen LogP contribution in [0.25, 0.3) is 6.08 Å². The van der Waals surface area contributed by atoms with E-state index in [1.165, 1.54) is 4.90 Å². The van der Waals surface area contributed by atoms with Crippen molar-refractivity contribution in [2.75, 3.05) is 22.2 Å². The number of hydrogen-bond donors (Lipinski definition) is 1. The van der Waals surface area contributed by atoms with E-state index in [0.29, 0.717) is 23.4 Å². The van der Waals surface area contributed by atoms with Crippen LogP contribution in [0.5, 0.6) is 0 Å². The van der Waals surface area contributed by atoms with Gasteiger partial charge in [-0.1, -0.05) is 42.5 Å². The molecule has 1 atom stereocenters. The zero-order chi connectivity index (χ0) is 25.2. The summed E-state index contributed by atoms with van der Waals surface area (Å²) in [7, 11) is 1.73. The molecule has 0 amide bonds. The summed E-state index contributed by atoms with van der Waals surface area (Å²) in [6, 6.07) is 15.9. The molecule has 0 bridgehead atoms. The summed E-state index contributed by atoms with van der Waals surface area (Å²) in [4.78, 5) is 3.11. The molecule has 2 aliphatic heterocycles. The standard InChI is InChI=1S/C25H17F6N3S/c1-33-21-9-5-2-6-15(21)10-11-23(33)19-7-3-4-8-20(19)32-22(35)34(23)18-13-16(24(26,27)28)12-17(14-18)25(29,30)31/h2-14H,1H3,(H,32,35). The van der Waals surface area contributed by atoms with Crippen LogP contribution in [0.15, 0.2) is 72.8 Å². The van der Waals surface area contributed by atoms with Crippen LogP contribution in [0.3, 0.4) is 0 Å². The zero-order valence-corrected chi connectivity index (χ0v) is 18.9. The lowest BCUT2D eigenvalue weighted by Gasteiger charge is -2.54. The fourth-order valence-electron chi connectivity index (χ4n) is 4.67. The van der Waals surface area contributed by atoms with Gasteiger partial charge in [0.1, 0.15) is 0 Å². The number of hydrogen-bond acceptors (Lipinski definition) is 2. The van der Waals surface area contributed by atoms with Gasteiger partial charge in [-0.3, -0.25) is 4.90 Å². The van der Waals surface area contributed by atoms with Crippen molar-refractivity contribution in [3.8, 4) is 0 Å². The lowest BCUT2D eigenvalue weighted by atomic mass is 9.86. The Morgan fingerprint density at radius 3 is 2.09 bits per heavy atom. The highest BCUT2D eigenvalue weighted by Crippen LogP contribution is 2.50. The molecule has 180 valence electrons. The van der Waals surface area contributed by atoms with Crippen LogP contribution in [0.2, 0.25) is 0 Å². The number of likely N-dealkylation sites (N-methyl/N-ethyl adjacent to an activating group) is 1. The Balaban J connectivity index is 1.82. The van der Waals surface area contributed by atoms with Crippen molar-refractivity contribution in [1.82, 2.24) is 0 Å². The van der Waals surface area contributed by atoms with Crippen molar-refractivity contribution in [3.63, 3.8) is 0 Å². The smallest absolute Gasteiger partial charge is 0.344 e. The second kappa shape index (κ2) is 7.74. The number of fused-ring (bicyclic) bond motifs is 3. The summed E-state index contributed by atoms with van der Waals surface area (Å²) in [5, 5.41) is 2.94. The zero-order valence-electron chi connectivity index (χ0n) is 18.1. The molecule has 3 nitrogen and oxygen atoms in total. The van der Waals surface area contributed by atoms with Crippen LogP contribution < -0.4 is 15.1 Å². The summed E-state index contributed by atoms with van der Waals surface area (Å²) in [5.74, 6) is 0. The van der Waals surface area contributed by atoms with E-state index < -0.39 is 29.1 Å². The first-order chi connectivity index (χ1) is 16.4. The molecule has 3 aromatic carbocycles. The molecule has 0 aromatic heterocycles. The fourth-order valence-corrected chi connectivity index (χ4v) is 5.03. The Morgan fingerprint density at radius 2 is 1.43 bits per heavy atom. The molecule has 1 N–H and O–H groups in total. The van der Waals surface area contributed by atoms with Crippen molar-refractivity contribution in [3.05, 3.63) is 95.1 Å². The third kappa shape index (κ3) is 3.63. The molecule has 0 radical (unpaired) electrons. The summed E-state index contributed by atoms with van der Waals surface area (Å²) < 4.78 is 82.1. The van der Waals surface area contributed by atoms with Gasteiger partial charge in [-0.25, -0.2) is 0 Å². The molecule has 0 fully saturated rings. The highest BCUT2D eigenvalue weighted by atomic mass is 32.1. The summed E-state index contributed by atoms with van der Waals surface area (Å²) in [5.41, 5.74) is -1.69. The number of anilines is 3. The second-order valence-electron chi connectivity index (χ2n) is 8.25. The first-order valence-electron chi connectivity index (χ1n) is 10.5. The van der Waals surface area contributed by atoms with E-state index in [-0.39, 0.29) is 16.9 Å². The number of nitrogens with zero attached hydrogens (tertiary/aromatic N) is 2. The van der Waals surface area contributed by atoms with Gasteiger partial charge in [0.05, 0.1) is 11.1 Å². The minimum Gasteiger partial charge on any atom is -0.344 e. The Labute approximate surface area is 202 Å². The number of alkyl halides is 6. The quantitative estimate of drug-likeness (QED) is 0.277. The second-order valence-corrected chi connectivity index (χ2v) is 8.64. The maximum absolute atomic E-state index is 13.7. The number of thiocarbonyl (C=S) groups is 1. The molecule has 5 rings (SSSR count). The Morgan fingerprint density at radius 1 is 0.829 bits per heavy atom. The SMILES string of the molecule is CN1c2ccccc2C=CC12c1ccccc1NC(=S)N2c1cc(C(F)(F)F)cc(C(F)(F)F)c1. The van der Waals surface area contributed by atoms with Crippen molar-refractivity contribution < 1.29 is 26.3 Å². The maximum atomic E-state index is 13.7. The average Bonchev–Trinajstić information content (AvgIpc) is 2.80. The van der Waals surface area contributed by atoms with Gasteiger partial charge in [-0.05, 0) is 54.2 Å². The third-order valence-electron chi connectivity index (χ3n) is 6.24. The largest absolute Gasteiger partial charge is 0.416 e. The van der Waals surface area contributed by atoms with Crippen molar-refractivity contribution >= 4 is 40.5 Å². The predicted molar refractivity (Wildman–Crippen MR) is 127 cm³/mol. The number of para-hydroxylation sites is 2. The molecular formula is C25H17F6N3S. The fraction of sp³-hybridized carbons (Fsp3) is 0.160. The van der Waals surface area contributed by atoms with Crippen LogP contribution in [0.1, 0.15) is 22.3 Å². The molecule has 0 aliphatic carbocycles. The van der Waals surface area contributed by atoms with E-state index in [2.05, 4.69) is 5.32 Å². The Hall–Kier alpha value is -3.53. The van der Waals surface area contributed by atoms with E-state index in [9.17, 15) is 26.3 Å². The van der Waals surface area contributed by atoms with Gasteiger partial charge in [0.15, 0.2) is 10.8 Å². The van der Waals surface area contributed by atoms with Gasteiger partial charge < -0.3 is 10.2 Å². The van der Waals surface area contributed by atoms with Gasteiger partial charge in [-0.15, -0.1) is 0 Å². The lowest BCUT2D eigenvalue weighted by Crippen LogP contribution is -2.63. The molecule has 35 heavy (non-hydrogen) atoms. The molecule has 3 aromatic rings. The molecule has 2 heterocycles. The molecule has 1 spiro atoms. The van der Waals surface area contributed by atoms with Gasteiger partial charge in [0.2, 0.25) is 0 Å². The first kappa shape index (κ1) is 23.2.